The van der Waals surface area contributed by atoms with Gasteiger partial charge in [-0.2, -0.15) is 0 Å². The average molecular weight is 309 g/mol. The summed E-state index contributed by atoms with van der Waals surface area (Å²) in [6.07, 6.45) is 0.949. The Morgan fingerprint density at radius 2 is 2.09 bits per heavy atom. The lowest BCUT2D eigenvalue weighted by atomic mass is 10.2. The van der Waals surface area contributed by atoms with Gasteiger partial charge in [0.25, 0.3) is 5.91 Å². The molecule has 1 amide bonds. The van der Waals surface area contributed by atoms with Crippen LogP contribution in [0.5, 0.6) is 0 Å². The molecule has 122 valence electrons. The second-order valence-corrected chi connectivity index (χ2v) is 5.35. The fraction of sp³-hybridized carbons (Fsp3) is 0.600. The molecule has 7 nitrogen and oxygen atoms in total. The zero-order chi connectivity index (χ0) is 15.9. The number of aliphatic hydroxyl groups is 1. The number of nitrogens with zero attached hydrogens (tertiary/aromatic N) is 2. The molecule has 0 saturated carbocycles. The van der Waals surface area contributed by atoms with Gasteiger partial charge in [-0.25, -0.2) is 0 Å². The maximum absolute atomic E-state index is 12.3. The Kier molecular flexibility index (Phi) is 6.11. The van der Waals surface area contributed by atoms with E-state index in [-0.39, 0.29) is 11.5 Å². The summed E-state index contributed by atoms with van der Waals surface area (Å²) in [5.41, 5.74) is 0.272. The van der Waals surface area contributed by atoms with E-state index in [1.165, 1.54) is 12.3 Å². The minimum Gasteiger partial charge on any atom is -0.389 e. The first-order valence-electron chi connectivity index (χ1n) is 7.56. The number of rotatable bonds is 6. The number of β-amino-alcohol motifs (C(OH)–C–C–N with tert-alkyl or cyclic N) is 1. The predicted molar refractivity (Wildman–Crippen MR) is 81.9 cm³/mol. The van der Waals surface area contributed by atoms with E-state index in [0.29, 0.717) is 38.4 Å². The summed E-state index contributed by atoms with van der Waals surface area (Å²) >= 11 is 0. The Balaban J connectivity index is 1.80. The van der Waals surface area contributed by atoms with Gasteiger partial charge in [-0.05, 0) is 13.0 Å². The number of aliphatic hydroxyl groups excluding tert-OH is 1. The van der Waals surface area contributed by atoms with Crippen molar-refractivity contribution < 1.29 is 14.6 Å². The number of hydrogen-bond acceptors (Lipinski definition) is 5. The van der Waals surface area contributed by atoms with Crippen molar-refractivity contribution in [1.82, 2.24) is 14.8 Å². The molecule has 1 atom stereocenters. The fourth-order valence-corrected chi connectivity index (χ4v) is 2.46. The van der Waals surface area contributed by atoms with E-state index in [0.717, 1.165) is 13.1 Å². The number of amides is 1. The smallest absolute Gasteiger partial charge is 0.255 e. The van der Waals surface area contributed by atoms with Crippen molar-refractivity contribution in [2.45, 2.75) is 13.0 Å². The van der Waals surface area contributed by atoms with Crippen LogP contribution in [-0.4, -0.2) is 77.8 Å². The summed E-state index contributed by atoms with van der Waals surface area (Å²) in [6, 6.07) is 2.90. The van der Waals surface area contributed by atoms with E-state index in [4.69, 9.17) is 4.74 Å². The minimum absolute atomic E-state index is 0.0780. The molecule has 1 fully saturated rings. The Bertz CT molecular complexity index is 517. The normalized spacial score (nSPS) is 17.5. The number of nitrogens with one attached hydrogen (secondary N) is 1. The molecule has 0 aromatic carbocycles. The molecule has 2 heterocycles. The van der Waals surface area contributed by atoms with Crippen molar-refractivity contribution in [2.75, 3.05) is 45.9 Å². The molecule has 2 N–H and O–H groups in total. The molecule has 0 bridgehead atoms. The molecule has 1 aromatic heterocycles. The van der Waals surface area contributed by atoms with E-state index >= 15 is 0 Å². The highest BCUT2D eigenvalue weighted by atomic mass is 16.5. The maximum Gasteiger partial charge on any atom is 0.255 e. The molecule has 1 saturated heterocycles. The maximum atomic E-state index is 12.3. The Morgan fingerprint density at radius 3 is 2.68 bits per heavy atom. The van der Waals surface area contributed by atoms with Crippen LogP contribution in [0.2, 0.25) is 0 Å². The van der Waals surface area contributed by atoms with Gasteiger partial charge in [0, 0.05) is 51.6 Å². The molecule has 0 unspecified atom stereocenters. The third-order valence-corrected chi connectivity index (χ3v) is 3.67. The van der Waals surface area contributed by atoms with Crippen LogP contribution in [-0.2, 0) is 4.74 Å². The van der Waals surface area contributed by atoms with Gasteiger partial charge in [0.15, 0.2) is 0 Å². The summed E-state index contributed by atoms with van der Waals surface area (Å²) in [4.78, 5) is 29.7. The van der Waals surface area contributed by atoms with Crippen LogP contribution >= 0.6 is 0 Å². The SMILES string of the molecule is CCOC[C@H](O)CN1CCN(C(=O)c2ccc(=O)[nH]c2)CC1. The summed E-state index contributed by atoms with van der Waals surface area (Å²) in [7, 11) is 0. The van der Waals surface area contributed by atoms with E-state index in [1.54, 1.807) is 11.0 Å². The lowest BCUT2D eigenvalue weighted by molar-refractivity contribution is 0.0111. The van der Waals surface area contributed by atoms with Gasteiger partial charge in [0.2, 0.25) is 5.56 Å². The number of carbonyl (C=O) groups is 1. The number of carbonyl (C=O) groups excluding carboxylic acids is 1. The van der Waals surface area contributed by atoms with Gasteiger partial charge in [-0.15, -0.1) is 0 Å². The quantitative estimate of drug-likeness (QED) is 0.742. The van der Waals surface area contributed by atoms with Gasteiger partial charge in [0.1, 0.15) is 0 Å². The van der Waals surface area contributed by atoms with Crippen LogP contribution in [0.4, 0.5) is 0 Å². The van der Waals surface area contributed by atoms with Gasteiger partial charge in [0.05, 0.1) is 18.3 Å². The van der Waals surface area contributed by atoms with E-state index in [1.807, 2.05) is 6.92 Å². The monoisotopic (exact) mass is 309 g/mol. The highest BCUT2D eigenvalue weighted by Crippen LogP contribution is 2.08. The van der Waals surface area contributed by atoms with Crippen LogP contribution in [0.1, 0.15) is 17.3 Å². The highest BCUT2D eigenvalue weighted by Gasteiger charge is 2.23. The van der Waals surface area contributed by atoms with Gasteiger partial charge >= 0.3 is 0 Å². The average Bonchev–Trinajstić information content (AvgIpc) is 2.54. The molecule has 1 aliphatic heterocycles. The molecule has 7 heteroatoms. The van der Waals surface area contributed by atoms with Crippen molar-refractivity contribution in [3.05, 3.63) is 34.2 Å². The van der Waals surface area contributed by atoms with Crippen molar-refractivity contribution in [3.8, 4) is 0 Å². The van der Waals surface area contributed by atoms with Crippen molar-refractivity contribution in [1.29, 1.82) is 0 Å². The number of hydrogen-bond donors (Lipinski definition) is 2. The summed E-state index contributed by atoms with van der Waals surface area (Å²) in [6.45, 7) is 6.05. The molecular weight excluding hydrogens is 286 g/mol. The van der Waals surface area contributed by atoms with E-state index < -0.39 is 6.10 Å². The van der Waals surface area contributed by atoms with E-state index in [9.17, 15) is 14.7 Å². The molecule has 22 heavy (non-hydrogen) atoms. The van der Waals surface area contributed by atoms with Crippen LogP contribution < -0.4 is 5.56 Å². The predicted octanol–water partition coefficient (Wildman–Crippen LogP) is -0.470. The molecule has 1 aliphatic rings. The van der Waals surface area contributed by atoms with Crippen molar-refractivity contribution >= 4 is 5.91 Å². The molecule has 0 spiro atoms. The second-order valence-electron chi connectivity index (χ2n) is 5.35. The third kappa shape index (κ3) is 4.66. The minimum atomic E-state index is -0.499. The van der Waals surface area contributed by atoms with Crippen molar-refractivity contribution in [2.24, 2.45) is 0 Å². The third-order valence-electron chi connectivity index (χ3n) is 3.67. The molecule has 0 radical (unpaired) electrons. The van der Waals surface area contributed by atoms with Crippen molar-refractivity contribution in [3.63, 3.8) is 0 Å². The highest BCUT2D eigenvalue weighted by molar-refractivity contribution is 5.93. The van der Waals surface area contributed by atoms with Gasteiger partial charge < -0.3 is 19.7 Å². The number of ether oxygens (including phenoxy) is 1. The second kappa shape index (κ2) is 8.07. The molecule has 0 aliphatic carbocycles. The summed E-state index contributed by atoms with van der Waals surface area (Å²) in [5.74, 6) is -0.0780. The largest absolute Gasteiger partial charge is 0.389 e. The van der Waals surface area contributed by atoms with Crippen LogP contribution in [0.25, 0.3) is 0 Å². The Morgan fingerprint density at radius 1 is 1.36 bits per heavy atom. The molecule has 1 aromatic rings. The number of aromatic nitrogens is 1. The van der Waals surface area contributed by atoms with E-state index in [2.05, 4.69) is 9.88 Å². The number of piperazine rings is 1. The number of pyridine rings is 1. The standard InChI is InChI=1S/C15H23N3O4/c1-2-22-11-13(19)10-17-5-7-18(8-6-17)15(21)12-3-4-14(20)16-9-12/h3-4,9,13,19H,2,5-8,10-11H2,1H3,(H,16,20)/t13-/m1/s1. The zero-order valence-corrected chi connectivity index (χ0v) is 12.8. The zero-order valence-electron chi connectivity index (χ0n) is 12.8. The lowest BCUT2D eigenvalue weighted by Crippen LogP contribution is -2.50. The Hall–Kier alpha value is -1.70. The first-order valence-corrected chi connectivity index (χ1v) is 7.56. The number of H-pyrrole nitrogens is 1. The molecule has 2 rings (SSSR count). The van der Waals surface area contributed by atoms with Crippen LogP contribution in [0.15, 0.2) is 23.1 Å². The van der Waals surface area contributed by atoms with Gasteiger partial charge in [-0.3, -0.25) is 14.5 Å². The first-order chi connectivity index (χ1) is 10.6. The first kappa shape index (κ1) is 16.7. The summed E-state index contributed by atoms with van der Waals surface area (Å²) < 4.78 is 5.19. The molecular formula is C15H23N3O4. The summed E-state index contributed by atoms with van der Waals surface area (Å²) in [5, 5.41) is 9.83. The Labute approximate surface area is 129 Å². The topological polar surface area (TPSA) is 85.9 Å². The fourth-order valence-electron chi connectivity index (χ4n) is 2.46. The number of aromatic amines is 1. The lowest BCUT2D eigenvalue weighted by Gasteiger charge is -2.35. The van der Waals surface area contributed by atoms with Crippen LogP contribution in [0.3, 0.4) is 0 Å². The van der Waals surface area contributed by atoms with Gasteiger partial charge in [-0.1, -0.05) is 0 Å². The van der Waals surface area contributed by atoms with Crippen LogP contribution in [0, 0.1) is 0 Å².